The molecule has 0 bridgehead atoms. The fraction of sp³-hybridized carbons (Fsp3) is 0.846. The van der Waals surface area contributed by atoms with Gasteiger partial charge in [-0.1, -0.05) is 19.3 Å². The molecule has 5 nitrogen and oxygen atoms in total. The minimum Gasteiger partial charge on any atom is -0.379 e. The Bertz CT molecular complexity index is 417. The molecule has 1 aliphatic heterocycles. The first-order valence-electron chi connectivity index (χ1n) is 6.99. The zero-order chi connectivity index (χ0) is 12.6. The van der Waals surface area contributed by atoms with Crippen molar-refractivity contribution in [3.05, 3.63) is 11.6 Å². The second kappa shape index (κ2) is 4.63. The first-order valence-corrected chi connectivity index (χ1v) is 6.99. The van der Waals surface area contributed by atoms with Crippen LogP contribution in [0.1, 0.15) is 56.2 Å². The van der Waals surface area contributed by atoms with E-state index in [1.165, 1.54) is 32.1 Å². The van der Waals surface area contributed by atoms with Crippen molar-refractivity contribution >= 4 is 0 Å². The average molecular weight is 250 g/mol. The second-order valence-corrected chi connectivity index (χ2v) is 5.69. The van der Waals surface area contributed by atoms with Gasteiger partial charge in [-0.15, -0.1) is 10.2 Å². The number of hydrogen-bond acceptors (Lipinski definition) is 4. The van der Waals surface area contributed by atoms with Crippen molar-refractivity contribution in [1.29, 1.82) is 0 Å². The number of ether oxygens (including phenoxy) is 1. The summed E-state index contributed by atoms with van der Waals surface area (Å²) in [5, 5.41) is 8.61. The highest BCUT2D eigenvalue weighted by atomic mass is 16.5. The Labute approximate surface area is 108 Å². The first-order chi connectivity index (χ1) is 8.71. The number of nitrogens with zero attached hydrogens (tertiary/aromatic N) is 3. The van der Waals surface area contributed by atoms with Gasteiger partial charge in [0.15, 0.2) is 5.82 Å². The van der Waals surface area contributed by atoms with Gasteiger partial charge in [0, 0.05) is 12.6 Å². The van der Waals surface area contributed by atoms with Gasteiger partial charge in [-0.05, 0) is 26.2 Å². The van der Waals surface area contributed by atoms with E-state index in [2.05, 4.69) is 14.8 Å². The lowest BCUT2D eigenvalue weighted by Crippen LogP contribution is -2.41. The van der Waals surface area contributed by atoms with E-state index < -0.39 is 5.54 Å². The van der Waals surface area contributed by atoms with Gasteiger partial charge < -0.3 is 15.0 Å². The summed E-state index contributed by atoms with van der Waals surface area (Å²) in [7, 11) is 0. The summed E-state index contributed by atoms with van der Waals surface area (Å²) in [5.74, 6) is 1.93. The van der Waals surface area contributed by atoms with Crippen molar-refractivity contribution in [3.63, 3.8) is 0 Å². The van der Waals surface area contributed by atoms with Crippen molar-refractivity contribution < 1.29 is 4.74 Å². The molecule has 0 amide bonds. The van der Waals surface area contributed by atoms with Crippen molar-refractivity contribution in [2.45, 2.75) is 57.0 Å². The van der Waals surface area contributed by atoms with Gasteiger partial charge >= 0.3 is 0 Å². The number of nitrogens with two attached hydrogens (primary N) is 1. The van der Waals surface area contributed by atoms with Crippen LogP contribution >= 0.6 is 0 Å². The maximum absolute atomic E-state index is 6.45. The predicted octanol–water partition coefficient (Wildman–Crippen LogP) is 1.67. The standard InChI is InChI=1S/C13H22N4O/c1-10-15-16-12(13(14)7-8-18-9-13)17(10)11-5-3-2-4-6-11/h11H,2-9,14H2,1H3. The molecule has 2 fully saturated rings. The molecule has 18 heavy (non-hydrogen) atoms. The van der Waals surface area contributed by atoms with Crippen LogP contribution in [-0.4, -0.2) is 28.0 Å². The second-order valence-electron chi connectivity index (χ2n) is 5.69. The van der Waals surface area contributed by atoms with Crippen LogP contribution in [0.3, 0.4) is 0 Å². The highest BCUT2D eigenvalue weighted by Gasteiger charge is 2.39. The Morgan fingerprint density at radius 2 is 2.06 bits per heavy atom. The van der Waals surface area contributed by atoms with Crippen LogP contribution in [0.15, 0.2) is 0 Å². The van der Waals surface area contributed by atoms with Crippen molar-refractivity contribution in [2.24, 2.45) is 5.73 Å². The SMILES string of the molecule is Cc1nnc(C2(N)CCOC2)n1C1CCCCC1. The fourth-order valence-corrected chi connectivity index (χ4v) is 3.24. The molecular formula is C13H22N4O. The summed E-state index contributed by atoms with van der Waals surface area (Å²) in [6.07, 6.45) is 7.25. The molecule has 2 N–H and O–H groups in total. The molecule has 2 heterocycles. The molecule has 1 aliphatic carbocycles. The van der Waals surface area contributed by atoms with Crippen LogP contribution in [0.25, 0.3) is 0 Å². The highest BCUT2D eigenvalue weighted by Crippen LogP contribution is 2.34. The van der Waals surface area contributed by atoms with E-state index in [0.29, 0.717) is 12.6 Å². The van der Waals surface area contributed by atoms with Gasteiger partial charge in [0.25, 0.3) is 0 Å². The normalized spacial score (nSPS) is 29.9. The average Bonchev–Trinajstić information content (AvgIpc) is 2.98. The van der Waals surface area contributed by atoms with Gasteiger partial charge in [0.2, 0.25) is 0 Å². The van der Waals surface area contributed by atoms with Gasteiger partial charge in [-0.2, -0.15) is 0 Å². The smallest absolute Gasteiger partial charge is 0.155 e. The van der Waals surface area contributed by atoms with Crippen molar-refractivity contribution in [1.82, 2.24) is 14.8 Å². The van der Waals surface area contributed by atoms with E-state index in [9.17, 15) is 0 Å². The van der Waals surface area contributed by atoms with E-state index >= 15 is 0 Å². The Morgan fingerprint density at radius 1 is 1.28 bits per heavy atom. The molecule has 100 valence electrons. The molecule has 1 aromatic rings. The molecule has 3 rings (SSSR count). The largest absolute Gasteiger partial charge is 0.379 e. The molecule has 5 heteroatoms. The Balaban J connectivity index is 1.95. The minimum atomic E-state index is -0.432. The van der Waals surface area contributed by atoms with Gasteiger partial charge in [0.05, 0.1) is 6.61 Å². The van der Waals surface area contributed by atoms with Crippen molar-refractivity contribution in [3.8, 4) is 0 Å². The van der Waals surface area contributed by atoms with Gasteiger partial charge in [0.1, 0.15) is 11.4 Å². The van der Waals surface area contributed by atoms with Gasteiger partial charge in [-0.3, -0.25) is 0 Å². The van der Waals surface area contributed by atoms with Crippen LogP contribution in [0, 0.1) is 6.92 Å². The highest BCUT2D eigenvalue weighted by molar-refractivity contribution is 5.11. The van der Waals surface area contributed by atoms with Crippen molar-refractivity contribution in [2.75, 3.05) is 13.2 Å². The number of aryl methyl sites for hydroxylation is 1. The van der Waals surface area contributed by atoms with E-state index in [1.54, 1.807) is 0 Å². The predicted molar refractivity (Wildman–Crippen MR) is 68.2 cm³/mol. The maximum atomic E-state index is 6.45. The van der Waals surface area contributed by atoms with E-state index in [4.69, 9.17) is 10.5 Å². The topological polar surface area (TPSA) is 66.0 Å². The third kappa shape index (κ3) is 1.95. The van der Waals surface area contributed by atoms with E-state index in [-0.39, 0.29) is 0 Å². The first kappa shape index (κ1) is 12.1. The summed E-state index contributed by atoms with van der Waals surface area (Å²) in [6.45, 7) is 3.33. The van der Waals surface area contributed by atoms with Gasteiger partial charge in [-0.25, -0.2) is 0 Å². The number of rotatable bonds is 2. The molecule has 1 saturated carbocycles. The zero-order valence-corrected chi connectivity index (χ0v) is 11.1. The number of aromatic nitrogens is 3. The molecule has 1 unspecified atom stereocenters. The van der Waals surface area contributed by atoms with E-state index in [1.807, 2.05) is 6.92 Å². The Morgan fingerprint density at radius 3 is 2.72 bits per heavy atom. The molecule has 1 aromatic heterocycles. The third-order valence-electron chi connectivity index (χ3n) is 4.30. The van der Waals surface area contributed by atoms with Crippen LogP contribution in [-0.2, 0) is 10.3 Å². The van der Waals surface area contributed by atoms with E-state index in [0.717, 1.165) is 24.7 Å². The maximum Gasteiger partial charge on any atom is 0.155 e. The quantitative estimate of drug-likeness (QED) is 0.867. The molecule has 0 spiro atoms. The molecule has 1 atom stereocenters. The molecule has 0 radical (unpaired) electrons. The number of hydrogen-bond donors (Lipinski definition) is 1. The third-order valence-corrected chi connectivity index (χ3v) is 4.30. The molecular weight excluding hydrogens is 228 g/mol. The monoisotopic (exact) mass is 250 g/mol. The van der Waals surface area contributed by atoms with Crippen LogP contribution in [0.2, 0.25) is 0 Å². The summed E-state index contributed by atoms with van der Waals surface area (Å²) in [5.41, 5.74) is 6.02. The van der Waals surface area contributed by atoms with Crippen LogP contribution in [0.4, 0.5) is 0 Å². The lowest BCUT2D eigenvalue weighted by molar-refractivity contribution is 0.173. The summed E-state index contributed by atoms with van der Waals surface area (Å²) >= 11 is 0. The zero-order valence-electron chi connectivity index (χ0n) is 11.1. The summed E-state index contributed by atoms with van der Waals surface area (Å²) < 4.78 is 7.75. The summed E-state index contributed by atoms with van der Waals surface area (Å²) in [6, 6.07) is 0.532. The van der Waals surface area contributed by atoms with Crippen LogP contribution < -0.4 is 5.73 Å². The molecule has 2 aliphatic rings. The lowest BCUT2D eigenvalue weighted by atomic mass is 9.93. The molecule has 1 saturated heterocycles. The minimum absolute atomic E-state index is 0.432. The van der Waals surface area contributed by atoms with Crippen LogP contribution in [0.5, 0.6) is 0 Å². The summed E-state index contributed by atoms with van der Waals surface area (Å²) in [4.78, 5) is 0. The fourth-order valence-electron chi connectivity index (χ4n) is 3.24. The Kier molecular flexibility index (Phi) is 3.11. The molecule has 0 aromatic carbocycles. The Hall–Kier alpha value is -0.940. The lowest BCUT2D eigenvalue weighted by Gasteiger charge is -2.29.